The molecule has 8 heteroatoms. The van der Waals surface area contributed by atoms with Crippen molar-refractivity contribution >= 4 is 11.6 Å². The van der Waals surface area contributed by atoms with Crippen LogP contribution in [0.5, 0.6) is 11.5 Å². The minimum Gasteiger partial charge on any atom is -0.485 e. The average molecular weight is 550 g/mol. The van der Waals surface area contributed by atoms with E-state index >= 15 is 0 Å². The molecule has 1 aromatic heterocycles. The number of allylic oxidation sites excluding steroid dienone is 2. The zero-order chi connectivity index (χ0) is 28.6. The molecule has 1 aliphatic carbocycles. The SMILES string of the molecule is CC1(C)CC(=O)C2=C(C1)Nc1[nH]c(=O)[nH]c(=O)c1C2c1ccc(OCc2ccccc2)c(OCc2ccccc2)c1. The number of H-pyrrole nitrogens is 2. The van der Waals surface area contributed by atoms with Crippen LogP contribution in [0.25, 0.3) is 0 Å². The maximum atomic E-state index is 13.6. The van der Waals surface area contributed by atoms with Crippen LogP contribution in [0, 0.1) is 5.41 Å². The predicted octanol–water partition coefficient (Wildman–Crippen LogP) is 5.42. The Morgan fingerprint density at radius 1 is 0.780 bits per heavy atom. The monoisotopic (exact) mass is 549 g/mol. The fourth-order valence-corrected chi connectivity index (χ4v) is 5.69. The van der Waals surface area contributed by atoms with Crippen LogP contribution >= 0.6 is 0 Å². The van der Waals surface area contributed by atoms with Gasteiger partial charge in [0.2, 0.25) is 0 Å². The zero-order valence-corrected chi connectivity index (χ0v) is 23.0. The summed E-state index contributed by atoms with van der Waals surface area (Å²) >= 11 is 0. The molecule has 8 nitrogen and oxygen atoms in total. The minimum absolute atomic E-state index is 0.0267. The summed E-state index contributed by atoms with van der Waals surface area (Å²) in [6, 6.07) is 25.2. The van der Waals surface area contributed by atoms with Crippen LogP contribution in [-0.4, -0.2) is 15.8 Å². The second-order valence-electron chi connectivity index (χ2n) is 11.3. The maximum Gasteiger partial charge on any atom is 0.327 e. The Bertz CT molecular complexity index is 1750. The van der Waals surface area contributed by atoms with Crippen molar-refractivity contribution in [3.63, 3.8) is 0 Å². The highest BCUT2D eigenvalue weighted by atomic mass is 16.5. The Balaban J connectivity index is 1.45. The molecule has 3 aromatic carbocycles. The van der Waals surface area contributed by atoms with E-state index in [0.717, 1.165) is 16.8 Å². The van der Waals surface area contributed by atoms with Gasteiger partial charge in [0.1, 0.15) is 19.0 Å². The normalized spacial score (nSPS) is 17.3. The smallest absolute Gasteiger partial charge is 0.327 e. The third-order valence-electron chi connectivity index (χ3n) is 7.53. The molecular weight excluding hydrogens is 518 g/mol. The van der Waals surface area contributed by atoms with Gasteiger partial charge in [-0.15, -0.1) is 0 Å². The second kappa shape index (κ2) is 10.6. The molecule has 1 aliphatic heterocycles. The molecule has 1 unspecified atom stereocenters. The van der Waals surface area contributed by atoms with Crippen molar-refractivity contribution in [2.75, 3.05) is 5.32 Å². The fraction of sp³-hybridized carbons (Fsp3) is 0.242. The van der Waals surface area contributed by atoms with Gasteiger partial charge in [-0.1, -0.05) is 80.6 Å². The molecule has 0 radical (unpaired) electrons. The minimum atomic E-state index is -0.687. The number of carbonyl (C=O) groups excluding carboxylic acids is 1. The first-order valence-corrected chi connectivity index (χ1v) is 13.6. The zero-order valence-electron chi connectivity index (χ0n) is 23.0. The number of hydrogen-bond acceptors (Lipinski definition) is 6. The first-order chi connectivity index (χ1) is 19.8. The summed E-state index contributed by atoms with van der Waals surface area (Å²) in [7, 11) is 0. The maximum absolute atomic E-state index is 13.6. The highest BCUT2D eigenvalue weighted by Gasteiger charge is 2.42. The molecule has 0 saturated carbocycles. The molecule has 3 N–H and O–H groups in total. The Kier molecular flexibility index (Phi) is 6.83. The molecule has 0 amide bonds. The summed E-state index contributed by atoms with van der Waals surface area (Å²) in [6.45, 7) is 4.73. The highest BCUT2D eigenvalue weighted by molar-refractivity contribution is 6.01. The summed E-state index contributed by atoms with van der Waals surface area (Å²) in [5, 5.41) is 3.20. The molecule has 41 heavy (non-hydrogen) atoms. The van der Waals surface area contributed by atoms with Gasteiger partial charge in [0, 0.05) is 23.6 Å². The third-order valence-corrected chi connectivity index (χ3v) is 7.53. The first-order valence-electron chi connectivity index (χ1n) is 13.6. The van der Waals surface area contributed by atoms with Gasteiger partial charge < -0.3 is 14.8 Å². The standard InChI is InChI=1S/C33H31N3O5/c1-33(2)16-23-28(24(37)17-33)27(29-30(34-23)35-32(39)36-31(29)38)22-13-14-25(40-18-20-9-5-3-6-10-20)26(15-22)41-19-21-11-7-4-8-12-21/h3-15,27H,16-19H2,1-2H3,(H3,34,35,36,38,39). The van der Waals surface area contributed by atoms with Crippen molar-refractivity contribution in [3.8, 4) is 11.5 Å². The Morgan fingerprint density at radius 3 is 2.07 bits per heavy atom. The molecule has 0 fully saturated rings. The second-order valence-corrected chi connectivity index (χ2v) is 11.3. The van der Waals surface area contributed by atoms with Crippen LogP contribution < -0.4 is 26.0 Å². The van der Waals surface area contributed by atoms with Crippen molar-refractivity contribution in [3.05, 3.63) is 133 Å². The number of hydrogen-bond donors (Lipinski definition) is 3. The summed E-state index contributed by atoms with van der Waals surface area (Å²) in [6.07, 6.45) is 0.963. The topological polar surface area (TPSA) is 113 Å². The van der Waals surface area contributed by atoms with Gasteiger partial charge in [0.25, 0.3) is 5.56 Å². The Hall–Kier alpha value is -4.85. The van der Waals surface area contributed by atoms with E-state index in [-0.39, 0.29) is 11.2 Å². The molecular formula is C33H31N3O5. The number of rotatable bonds is 7. The first kappa shape index (κ1) is 26.4. The van der Waals surface area contributed by atoms with E-state index in [1.807, 2.05) is 92.7 Å². The van der Waals surface area contributed by atoms with Gasteiger partial charge >= 0.3 is 5.69 Å². The lowest BCUT2D eigenvalue weighted by atomic mass is 9.69. The third kappa shape index (κ3) is 5.45. The molecule has 2 aliphatic rings. The molecule has 4 aromatic rings. The van der Waals surface area contributed by atoms with Gasteiger partial charge in [-0.25, -0.2) is 4.79 Å². The van der Waals surface area contributed by atoms with Crippen molar-refractivity contribution in [1.29, 1.82) is 0 Å². The largest absolute Gasteiger partial charge is 0.485 e. The van der Waals surface area contributed by atoms with Gasteiger partial charge in [0.05, 0.1) is 5.56 Å². The lowest BCUT2D eigenvalue weighted by Crippen LogP contribution is -2.38. The Labute approximate surface area is 237 Å². The van der Waals surface area contributed by atoms with Crippen molar-refractivity contribution < 1.29 is 14.3 Å². The molecule has 0 saturated heterocycles. The van der Waals surface area contributed by atoms with Crippen LogP contribution in [-0.2, 0) is 18.0 Å². The summed E-state index contributed by atoms with van der Waals surface area (Å²) in [5.41, 5.74) is 2.85. The quantitative estimate of drug-likeness (QED) is 0.284. The lowest BCUT2D eigenvalue weighted by molar-refractivity contribution is -0.118. The number of fused-ring (bicyclic) bond motifs is 1. The van der Waals surface area contributed by atoms with Gasteiger partial charge in [-0.3, -0.25) is 19.6 Å². The van der Waals surface area contributed by atoms with Crippen LogP contribution in [0.15, 0.2) is 99.7 Å². The van der Waals surface area contributed by atoms with E-state index in [1.54, 1.807) is 0 Å². The summed E-state index contributed by atoms with van der Waals surface area (Å²) in [4.78, 5) is 44.1. The summed E-state index contributed by atoms with van der Waals surface area (Å²) < 4.78 is 12.5. The fourth-order valence-electron chi connectivity index (χ4n) is 5.69. The van der Waals surface area contributed by atoms with E-state index in [1.165, 1.54) is 0 Å². The van der Waals surface area contributed by atoms with E-state index in [2.05, 4.69) is 15.3 Å². The Morgan fingerprint density at radius 2 is 1.41 bits per heavy atom. The summed E-state index contributed by atoms with van der Waals surface area (Å²) in [5.74, 6) is 0.635. The van der Waals surface area contributed by atoms with E-state index < -0.39 is 17.2 Å². The van der Waals surface area contributed by atoms with Crippen molar-refractivity contribution in [1.82, 2.24) is 9.97 Å². The predicted molar refractivity (Wildman–Crippen MR) is 156 cm³/mol. The van der Waals surface area contributed by atoms with Gasteiger partial charge in [-0.05, 0) is 40.7 Å². The number of nitrogens with one attached hydrogen (secondary N) is 3. The lowest BCUT2D eigenvalue weighted by Gasteiger charge is -2.38. The van der Waals surface area contributed by atoms with Crippen LogP contribution in [0.2, 0.25) is 0 Å². The van der Waals surface area contributed by atoms with E-state index in [0.29, 0.717) is 60.1 Å². The number of anilines is 1. The number of ketones is 1. The molecule has 2 heterocycles. The molecule has 208 valence electrons. The van der Waals surface area contributed by atoms with Crippen molar-refractivity contribution in [2.24, 2.45) is 5.41 Å². The van der Waals surface area contributed by atoms with Crippen LogP contribution in [0.4, 0.5) is 5.82 Å². The number of carbonyl (C=O) groups is 1. The van der Waals surface area contributed by atoms with Gasteiger partial charge in [0.15, 0.2) is 17.3 Å². The number of aromatic amines is 2. The van der Waals surface area contributed by atoms with E-state index in [9.17, 15) is 14.4 Å². The average Bonchev–Trinajstić information content (AvgIpc) is 2.94. The van der Waals surface area contributed by atoms with Gasteiger partial charge in [-0.2, -0.15) is 0 Å². The van der Waals surface area contributed by atoms with E-state index in [4.69, 9.17) is 9.47 Å². The molecule has 0 spiro atoms. The molecule has 1 atom stereocenters. The van der Waals surface area contributed by atoms with Crippen LogP contribution in [0.1, 0.15) is 54.9 Å². The number of benzene rings is 3. The highest BCUT2D eigenvalue weighted by Crippen LogP contribution is 2.48. The number of aromatic nitrogens is 2. The number of ether oxygens (including phenoxy) is 2. The number of Topliss-reactive ketones (excluding diaryl/α,β-unsaturated/α-hetero) is 1. The van der Waals surface area contributed by atoms with Crippen molar-refractivity contribution in [2.45, 2.75) is 45.8 Å². The molecule has 6 rings (SSSR count). The molecule has 0 bridgehead atoms. The van der Waals surface area contributed by atoms with Crippen LogP contribution in [0.3, 0.4) is 0 Å².